The van der Waals surface area contributed by atoms with Crippen molar-refractivity contribution in [1.82, 2.24) is 10.2 Å². The minimum absolute atomic E-state index is 0.00902. The van der Waals surface area contributed by atoms with E-state index in [0.717, 1.165) is 47.4 Å². The third-order valence-electron chi connectivity index (χ3n) is 7.55. The maximum atomic E-state index is 14.9. The topological polar surface area (TPSA) is 96.0 Å². The molecular formula is C32H38FN3O5S. The maximum Gasteiger partial charge on any atom is 0.244 e. The smallest absolute Gasteiger partial charge is 0.244 e. The van der Waals surface area contributed by atoms with E-state index in [1.807, 2.05) is 30.3 Å². The number of hydrogen-bond donors (Lipinski definition) is 1. The first-order valence-corrected chi connectivity index (χ1v) is 15.9. The fourth-order valence-corrected chi connectivity index (χ4v) is 6.17. The van der Waals surface area contributed by atoms with Crippen LogP contribution in [-0.2, 0) is 32.6 Å². The van der Waals surface area contributed by atoms with Crippen LogP contribution in [0.5, 0.6) is 5.75 Å². The summed E-state index contributed by atoms with van der Waals surface area (Å²) in [5, 5.41) is 3.10. The molecule has 1 aliphatic rings. The number of sulfonamides is 1. The Bertz CT molecular complexity index is 1490. The number of nitrogens with zero attached hydrogens (tertiary/aromatic N) is 2. The molecule has 0 spiro atoms. The minimum Gasteiger partial charge on any atom is -0.495 e. The largest absolute Gasteiger partial charge is 0.495 e. The molecule has 1 N–H and O–H groups in total. The lowest BCUT2D eigenvalue weighted by atomic mass is 10.0. The molecule has 0 aliphatic heterocycles. The molecule has 1 saturated carbocycles. The summed E-state index contributed by atoms with van der Waals surface area (Å²) in [5.41, 5.74) is 2.01. The van der Waals surface area contributed by atoms with Gasteiger partial charge < -0.3 is 15.0 Å². The number of benzene rings is 3. The van der Waals surface area contributed by atoms with Crippen molar-refractivity contribution in [1.29, 1.82) is 0 Å². The second-order valence-electron chi connectivity index (χ2n) is 10.8. The van der Waals surface area contributed by atoms with Crippen molar-refractivity contribution in [2.24, 2.45) is 0 Å². The van der Waals surface area contributed by atoms with Crippen LogP contribution < -0.4 is 14.4 Å². The fourth-order valence-electron chi connectivity index (χ4n) is 5.32. The molecule has 0 heterocycles. The van der Waals surface area contributed by atoms with E-state index in [-0.39, 0.29) is 41.9 Å². The van der Waals surface area contributed by atoms with E-state index in [1.54, 1.807) is 43.3 Å². The summed E-state index contributed by atoms with van der Waals surface area (Å²) in [4.78, 5) is 29.4. The average molecular weight is 596 g/mol. The molecule has 3 aromatic carbocycles. The lowest BCUT2D eigenvalue weighted by Gasteiger charge is -2.34. The molecule has 1 fully saturated rings. The van der Waals surface area contributed by atoms with Gasteiger partial charge in [-0.2, -0.15) is 0 Å². The number of nitrogens with one attached hydrogen (secondary N) is 1. The van der Waals surface area contributed by atoms with Gasteiger partial charge in [0.25, 0.3) is 0 Å². The summed E-state index contributed by atoms with van der Waals surface area (Å²) in [5.74, 6) is -1.24. The van der Waals surface area contributed by atoms with E-state index in [0.29, 0.717) is 0 Å². The van der Waals surface area contributed by atoms with Gasteiger partial charge in [0.2, 0.25) is 21.8 Å². The number of ether oxygens (including phenoxy) is 1. The number of rotatable bonds is 12. The first-order valence-electron chi connectivity index (χ1n) is 14.1. The molecular weight excluding hydrogens is 557 g/mol. The van der Waals surface area contributed by atoms with Gasteiger partial charge in [-0.3, -0.25) is 13.9 Å². The summed E-state index contributed by atoms with van der Waals surface area (Å²) in [6.07, 6.45) is 4.89. The van der Waals surface area contributed by atoms with Gasteiger partial charge in [0.15, 0.2) is 0 Å². The molecule has 10 heteroatoms. The zero-order valence-corrected chi connectivity index (χ0v) is 25.1. The van der Waals surface area contributed by atoms with Crippen molar-refractivity contribution < 1.29 is 27.1 Å². The number of aryl methyl sites for hydroxylation is 1. The quantitative estimate of drug-likeness (QED) is 0.330. The molecule has 0 bridgehead atoms. The Morgan fingerprint density at radius 3 is 2.33 bits per heavy atom. The van der Waals surface area contributed by atoms with Gasteiger partial charge in [-0.05, 0) is 49.1 Å². The first-order chi connectivity index (χ1) is 20.1. The molecule has 0 unspecified atom stereocenters. The Kier molecular flexibility index (Phi) is 10.2. The molecule has 42 heavy (non-hydrogen) atoms. The summed E-state index contributed by atoms with van der Waals surface area (Å²) >= 11 is 0. The summed E-state index contributed by atoms with van der Waals surface area (Å²) in [6, 6.07) is 19.4. The zero-order chi connectivity index (χ0) is 30.3. The van der Waals surface area contributed by atoms with E-state index in [1.165, 1.54) is 18.1 Å². The van der Waals surface area contributed by atoms with Gasteiger partial charge in [0.05, 0.1) is 19.1 Å². The predicted octanol–water partition coefficient (Wildman–Crippen LogP) is 4.61. The molecule has 1 aliphatic carbocycles. The molecule has 8 nitrogen and oxygen atoms in total. The number of hydrogen-bond acceptors (Lipinski definition) is 5. The van der Waals surface area contributed by atoms with Crippen LogP contribution in [0.1, 0.15) is 42.4 Å². The fraction of sp³-hybridized carbons (Fsp3) is 0.375. The monoisotopic (exact) mass is 595 g/mol. The second kappa shape index (κ2) is 13.8. The molecule has 4 rings (SSSR count). The predicted molar refractivity (Wildman–Crippen MR) is 161 cm³/mol. The molecule has 0 saturated heterocycles. The maximum absolute atomic E-state index is 14.9. The molecule has 1 atom stereocenters. The van der Waals surface area contributed by atoms with Crippen LogP contribution in [0.3, 0.4) is 0 Å². The highest BCUT2D eigenvalue weighted by atomic mass is 32.2. The van der Waals surface area contributed by atoms with Crippen molar-refractivity contribution in [3.8, 4) is 5.75 Å². The van der Waals surface area contributed by atoms with Crippen LogP contribution in [0.4, 0.5) is 10.1 Å². The van der Waals surface area contributed by atoms with Crippen LogP contribution in [0.2, 0.25) is 0 Å². The number of anilines is 1. The SMILES string of the molecule is COc1ccc(C)cc1N(CC(=O)N(Cc1ccccc1F)[C@@H](Cc1ccccc1)C(=O)NC1CCCC1)S(C)(=O)=O. The van der Waals surface area contributed by atoms with Gasteiger partial charge in [0, 0.05) is 24.6 Å². The number of carbonyl (C=O) groups is 2. The van der Waals surface area contributed by atoms with E-state index in [4.69, 9.17) is 4.74 Å². The first kappa shape index (κ1) is 31.0. The van der Waals surface area contributed by atoms with Crippen molar-refractivity contribution in [2.75, 3.05) is 24.2 Å². The Morgan fingerprint density at radius 2 is 1.69 bits per heavy atom. The molecule has 3 aromatic rings. The van der Waals surface area contributed by atoms with Gasteiger partial charge in [0.1, 0.15) is 24.2 Å². The van der Waals surface area contributed by atoms with Crippen LogP contribution in [0.15, 0.2) is 72.8 Å². The van der Waals surface area contributed by atoms with Crippen molar-refractivity contribution in [2.45, 2.75) is 57.7 Å². The van der Waals surface area contributed by atoms with Crippen LogP contribution in [0, 0.1) is 12.7 Å². The third-order valence-corrected chi connectivity index (χ3v) is 8.68. The lowest BCUT2D eigenvalue weighted by molar-refractivity contribution is -0.140. The normalized spacial score (nSPS) is 14.3. The number of amides is 2. The number of methoxy groups -OCH3 is 1. The Balaban J connectivity index is 1.76. The van der Waals surface area contributed by atoms with Gasteiger partial charge >= 0.3 is 0 Å². The van der Waals surface area contributed by atoms with Gasteiger partial charge in [-0.1, -0.05) is 67.4 Å². The Hall–Kier alpha value is -3.92. The molecule has 2 amide bonds. The van der Waals surface area contributed by atoms with Gasteiger partial charge in [-0.15, -0.1) is 0 Å². The Labute approximate surface area is 247 Å². The van der Waals surface area contributed by atoms with E-state index < -0.39 is 34.3 Å². The van der Waals surface area contributed by atoms with Gasteiger partial charge in [-0.25, -0.2) is 12.8 Å². The van der Waals surface area contributed by atoms with E-state index in [2.05, 4.69) is 5.32 Å². The van der Waals surface area contributed by atoms with E-state index in [9.17, 15) is 22.4 Å². The minimum atomic E-state index is -3.97. The summed E-state index contributed by atoms with van der Waals surface area (Å²) < 4.78 is 47.5. The molecule has 0 aromatic heterocycles. The lowest BCUT2D eigenvalue weighted by Crippen LogP contribution is -2.54. The van der Waals surface area contributed by atoms with Crippen LogP contribution in [-0.4, -0.2) is 57.1 Å². The van der Waals surface area contributed by atoms with Crippen molar-refractivity contribution >= 4 is 27.5 Å². The third kappa shape index (κ3) is 7.88. The van der Waals surface area contributed by atoms with Crippen molar-refractivity contribution in [3.05, 3.63) is 95.3 Å². The standard InChI is InChI=1S/C32H38FN3O5S/c1-23-17-18-30(41-2)28(19-23)36(42(3,39)40)22-31(37)35(21-25-13-7-10-16-27(25)33)29(20-24-11-5-4-6-12-24)32(38)34-26-14-8-9-15-26/h4-7,10-13,16-19,26,29H,8-9,14-15,20-22H2,1-3H3,(H,34,38)/t29-/m0/s1. The molecule has 0 radical (unpaired) electrons. The van der Waals surface area contributed by atoms with Crippen molar-refractivity contribution in [3.63, 3.8) is 0 Å². The van der Waals surface area contributed by atoms with E-state index >= 15 is 0 Å². The Morgan fingerprint density at radius 1 is 1.02 bits per heavy atom. The van der Waals surface area contributed by atoms with Crippen LogP contribution >= 0.6 is 0 Å². The number of halogens is 1. The average Bonchev–Trinajstić information content (AvgIpc) is 3.47. The van der Waals surface area contributed by atoms with Crippen LogP contribution in [0.25, 0.3) is 0 Å². The second-order valence-corrected chi connectivity index (χ2v) is 12.7. The molecule has 224 valence electrons. The highest BCUT2D eigenvalue weighted by molar-refractivity contribution is 7.92. The highest BCUT2D eigenvalue weighted by Crippen LogP contribution is 2.31. The number of carbonyl (C=O) groups excluding carboxylic acids is 2. The highest BCUT2D eigenvalue weighted by Gasteiger charge is 2.35. The zero-order valence-electron chi connectivity index (χ0n) is 24.3. The summed E-state index contributed by atoms with van der Waals surface area (Å²) in [6.45, 7) is 0.984. The summed E-state index contributed by atoms with van der Waals surface area (Å²) in [7, 11) is -2.55.